The Morgan fingerprint density at radius 3 is 2.24 bits per heavy atom. The molecule has 3 heterocycles. The van der Waals surface area contributed by atoms with E-state index in [4.69, 9.17) is 41.9 Å². The molecule has 0 spiro atoms. The van der Waals surface area contributed by atoms with Crippen molar-refractivity contribution in [1.82, 2.24) is 10.1 Å². The predicted molar refractivity (Wildman–Crippen MR) is 108 cm³/mol. The number of rotatable bonds is 5. The zero-order valence-corrected chi connectivity index (χ0v) is 17.6. The molecule has 1 unspecified atom stereocenters. The Kier molecular flexibility index (Phi) is 5.80. The van der Waals surface area contributed by atoms with Gasteiger partial charge in [-0.3, -0.25) is 4.98 Å². The standard InChI is InChI=1S/C21H24Cl2N2O4/c22-17-9-24-10-18(23)19(17)20-16(21(29-25-20)12-1-2-12)11-28-15-7-13-3-4-14(8-15)27-6-5-26-13/h9-10,12-15H,1-8,11H2/t13-,14+,15?. The summed E-state index contributed by atoms with van der Waals surface area (Å²) in [7, 11) is 0. The molecule has 0 amide bonds. The van der Waals surface area contributed by atoms with Crippen LogP contribution in [0.15, 0.2) is 16.9 Å². The number of aromatic nitrogens is 2. The third kappa shape index (κ3) is 4.32. The van der Waals surface area contributed by atoms with Crippen LogP contribution in [0.2, 0.25) is 10.0 Å². The number of hydrogen-bond donors (Lipinski definition) is 0. The van der Waals surface area contributed by atoms with E-state index < -0.39 is 0 Å². The minimum absolute atomic E-state index is 0.0730. The highest BCUT2D eigenvalue weighted by Gasteiger charge is 2.35. The molecule has 29 heavy (non-hydrogen) atoms. The van der Waals surface area contributed by atoms with Crippen LogP contribution in [0.25, 0.3) is 11.3 Å². The van der Waals surface area contributed by atoms with Gasteiger partial charge in [0.05, 0.1) is 48.2 Å². The maximum atomic E-state index is 6.40. The minimum atomic E-state index is 0.0730. The van der Waals surface area contributed by atoms with Crippen molar-refractivity contribution in [3.05, 3.63) is 33.8 Å². The molecule has 3 fully saturated rings. The van der Waals surface area contributed by atoms with Crippen molar-refractivity contribution < 1.29 is 18.7 Å². The van der Waals surface area contributed by atoms with E-state index in [0.29, 0.717) is 47.0 Å². The molecule has 8 heteroatoms. The Hall–Kier alpha value is -1.18. The summed E-state index contributed by atoms with van der Waals surface area (Å²) in [6, 6.07) is 0. The van der Waals surface area contributed by atoms with E-state index in [-0.39, 0.29) is 18.3 Å². The van der Waals surface area contributed by atoms with E-state index in [1.165, 1.54) is 0 Å². The van der Waals surface area contributed by atoms with E-state index in [1.54, 1.807) is 12.4 Å². The molecule has 5 rings (SSSR count). The lowest BCUT2D eigenvalue weighted by molar-refractivity contribution is -0.0451. The molecule has 1 aliphatic heterocycles. The van der Waals surface area contributed by atoms with Crippen LogP contribution in [0.3, 0.4) is 0 Å². The highest BCUT2D eigenvalue weighted by molar-refractivity contribution is 6.38. The van der Waals surface area contributed by atoms with Crippen LogP contribution in [-0.2, 0) is 20.8 Å². The van der Waals surface area contributed by atoms with Gasteiger partial charge in [0.25, 0.3) is 0 Å². The molecular weight excluding hydrogens is 415 g/mol. The molecule has 3 atom stereocenters. The summed E-state index contributed by atoms with van der Waals surface area (Å²) in [5.74, 6) is 1.29. The topological polar surface area (TPSA) is 66.6 Å². The van der Waals surface area contributed by atoms with Gasteiger partial charge in [-0.2, -0.15) is 0 Å². The number of fused-ring (bicyclic) bond motifs is 3. The van der Waals surface area contributed by atoms with Crippen molar-refractivity contribution in [2.75, 3.05) is 13.2 Å². The predicted octanol–water partition coefficient (Wildman–Crippen LogP) is 5.16. The summed E-state index contributed by atoms with van der Waals surface area (Å²) in [4.78, 5) is 4.04. The molecule has 0 radical (unpaired) electrons. The van der Waals surface area contributed by atoms with Gasteiger partial charge in [-0.25, -0.2) is 0 Å². The Bertz CT molecular complexity index is 834. The summed E-state index contributed by atoms with van der Waals surface area (Å²) in [5.41, 5.74) is 2.25. The monoisotopic (exact) mass is 438 g/mol. The van der Waals surface area contributed by atoms with Gasteiger partial charge in [-0.05, 0) is 38.5 Å². The SMILES string of the molecule is Clc1cncc(Cl)c1-c1noc(C2CC2)c1COC1C[C@H]2CC[C@@H](C1)OCCO2. The van der Waals surface area contributed by atoms with Crippen molar-refractivity contribution >= 4 is 23.2 Å². The Labute approximate surface area is 179 Å². The first-order valence-electron chi connectivity index (χ1n) is 10.3. The van der Waals surface area contributed by atoms with Crippen molar-refractivity contribution in [3.63, 3.8) is 0 Å². The maximum absolute atomic E-state index is 6.40. The molecule has 2 aromatic heterocycles. The summed E-state index contributed by atoms with van der Waals surface area (Å²) in [5, 5.41) is 5.23. The van der Waals surface area contributed by atoms with Gasteiger partial charge in [-0.1, -0.05) is 28.4 Å². The van der Waals surface area contributed by atoms with Crippen molar-refractivity contribution in [1.29, 1.82) is 0 Å². The molecule has 156 valence electrons. The minimum Gasteiger partial charge on any atom is -0.376 e. The van der Waals surface area contributed by atoms with E-state index >= 15 is 0 Å². The lowest BCUT2D eigenvalue weighted by Gasteiger charge is -2.20. The second-order valence-corrected chi connectivity index (χ2v) is 8.91. The Balaban J connectivity index is 1.40. The largest absolute Gasteiger partial charge is 0.376 e. The number of nitrogens with zero attached hydrogens (tertiary/aromatic N) is 2. The number of halogens is 2. The molecule has 0 aromatic carbocycles. The van der Waals surface area contributed by atoms with Gasteiger partial charge in [-0.15, -0.1) is 0 Å². The molecule has 2 saturated carbocycles. The van der Waals surface area contributed by atoms with E-state index in [0.717, 1.165) is 49.8 Å². The van der Waals surface area contributed by atoms with Gasteiger partial charge in [0.15, 0.2) is 0 Å². The maximum Gasteiger partial charge on any atom is 0.145 e. The molecule has 0 N–H and O–H groups in total. The fourth-order valence-electron chi connectivity index (χ4n) is 4.32. The second kappa shape index (κ2) is 8.52. The smallest absolute Gasteiger partial charge is 0.145 e. The Morgan fingerprint density at radius 2 is 1.62 bits per heavy atom. The molecule has 2 aromatic rings. The third-order valence-corrected chi connectivity index (χ3v) is 6.55. The van der Waals surface area contributed by atoms with Crippen LogP contribution < -0.4 is 0 Å². The second-order valence-electron chi connectivity index (χ2n) is 8.09. The lowest BCUT2D eigenvalue weighted by Crippen LogP contribution is -2.22. The van der Waals surface area contributed by atoms with Gasteiger partial charge in [0.2, 0.25) is 0 Å². The lowest BCUT2D eigenvalue weighted by atomic mass is 10.1. The first-order chi connectivity index (χ1) is 14.2. The van der Waals surface area contributed by atoms with Crippen LogP contribution >= 0.6 is 23.2 Å². The van der Waals surface area contributed by atoms with E-state index in [1.807, 2.05) is 0 Å². The zero-order chi connectivity index (χ0) is 19.8. The molecule has 1 saturated heterocycles. The number of ether oxygens (including phenoxy) is 3. The molecule has 3 aliphatic rings. The third-order valence-electron chi connectivity index (χ3n) is 5.97. The molecular formula is C21H24Cl2N2O4. The van der Waals surface area contributed by atoms with Crippen LogP contribution in [0.5, 0.6) is 0 Å². The highest BCUT2D eigenvalue weighted by atomic mass is 35.5. The average molecular weight is 439 g/mol. The van der Waals surface area contributed by atoms with Crippen molar-refractivity contribution in [3.8, 4) is 11.3 Å². The van der Waals surface area contributed by atoms with Crippen LogP contribution in [0, 0.1) is 0 Å². The van der Waals surface area contributed by atoms with Gasteiger partial charge >= 0.3 is 0 Å². The number of hydrogen-bond acceptors (Lipinski definition) is 6. The quantitative estimate of drug-likeness (QED) is 0.641. The normalized spacial score (nSPS) is 27.4. The average Bonchev–Trinajstić information content (AvgIpc) is 3.46. The fourth-order valence-corrected chi connectivity index (χ4v) is 4.87. The summed E-state index contributed by atoms with van der Waals surface area (Å²) < 4.78 is 24.0. The van der Waals surface area contributed by atoms with Crippen molar-refractivity contribution in [2.24, 2.45) is 0 Å². The van der Waals surface area contributed by atoms with Crippen LogP contribution in [0.4, 0.5) is 0 Å². The summed E-state index contributed by atoms with van der Waals surface area (Å²) in [6.07, 6.45) is 9.73. The molecule has 2 aliphatic carbocycles. The van der Waals surface area contributed by atoms with Gasteiger partial charge in [0, 0.05) is 29.4 Å². The molecule has 2 bridgehead atoms. The van der Waals surface area contributed by atoms with E-state index in [2.05, 4.69) is 10.1 Å². The summed E-state index contributed by atoms with van der Waals surface area (Å²) in [6.45, 7) is 1.73. The van der Waals surface area contributed by atoms with Gasteiger partial charge < -0.3 is 18.7 Å². The number of pyridine rings is 1. The zero-order valence-electron chi connectivity index (χ0n) is 16.1. The first kappa shape index (κ1) is 19.8. The van der Waals surface area contributed by atoms with Crippen molar-refractivity contribution in [2.45, 2.75) is 69.4 Å². The van der Waals surface area contributed by atoms with E-state index in [9.17, 15) is 0 Å². The Morgan fingerprint density at radius 1 is 0.966 bits per heavy atom. The van der Waals surface area contributed by atoms with Crippen LogP contribution in [-0.4, -0.2) is 41.7 Å². The van der Waals surface area contributed by atoms with Gasteiger partial charge in [0.1, 0.15) is 11.5 Å². The van der Waals surface area contributed by atoms with Crippen LogP contribution in [0.1, 0.15) is 55.8 Å². The first-order valence-corrected chi connectivity index (χ1v) is 11.1. The summed E-state index contributed by atoms with van der Waals surface area (Å²) >= 11 is 12.8. The fraction of sp³-hybridized carbons (Fsp3) is 0.619. The highest BCUT2D eigenvalue weighted by Crippen LogP contribution is 2.46. The molecule has 6 nitrogen and oxygen atoms in total.